The number of hydrogen-bond acceptors (Lipinski definition) is 2. The zero-order valence-electron chi connectivity index (χ0n) is 9.99. The van der Waals surface area contributed by atoms with Crippen LogP contribution < -0.4 is 0 Å². The van der Waals surface area contributed by atoms with Crippen LogP contribution >= 0.6 is 0 Å². The molecule has 2 bridgehead atoms. The van der Waals surface area contributed by atoms with Gasteiger partial charge in [0.05, 0.1) is 5.41 Å². The van der Waals surface area contributed by atoms with Crippen LogP contribution in [0.4, 0.5) is 0 Å². The van der Waals surface area contributed by atoms with Crippen LogP contribution in [0.5, 0.6) is 0 Å². The van der Waals surface area contributed by atoms with Crippen molar-refractivity contribution in [1.82, 2.24) is 0 Å². The standard InChI is InChI=1S/C13H18O3/c1-12(2,3)9-7-13(10(14)11(15)16)5-4-8(9)6-13/h4-5,8-9H,6-7H2,1-3H3,(H,15,16). The van der Waals surface area contributed by atoms with Gasteiger partial charge < -0.3 is 5.11 Å². The normalized spacial score (nSPS) is 36.7. The highest BCUT2D eigenvalue weighted by atomic mass is 16.4. The summed E-state index contributed by atoms with van der Waals surface area (Å²) in [5.41, 5.74) is -0.565. The first-order chi connectivity index (χ1) is 7.26. The number of hydrogen-bond donors (Lipinski definition) is 1. The Balaban J connectivity index is 2.27. The van der Waals surface area contributed by atoms with Gasteiger partial charge in [-0.2, -0.15) is 0 Å². The molecule has 3 atom stereocenters. The van der Waals surface area contributed by atoms with Crippen LogP contribution in [-0.4, -0.2) is 16.9 Å². The molecule has 0 heterocycles. The van der Waals surface area contributed by atoms with E-state index in [4.69, 9.17) is 5.11 Å². The number of rotatable bonds is 2. The van der Waals surface area contributed by atoms with E-state index in [2.05, 4.69) is 20.8 Å². The van der Waals surface area contributed by atoms with Crippen LogP contribution in [0.25, 0.3) is 0 Å². The lowest BCUT2D eigenvalue weighted by molar-refractivity contribution is -0.152. The summed E-state index contributed by atoms with van der Waals surface area (Å²) in [5, 5.41) is 8.86. The number of carboxylic acid groups (broad SMARTS) is 1. The number of allylic oxidation sites excluding steroid dienone is 2. The summed E-state index contributed by atoms with van der Waals surface area (Å²) >= 11 is 0. The lowest BCUT2D eigenvalue weighted by Crippen LogP contribution is -2.34. The van der Waals surface area contributed by atoms with Gasteiger partial charge in [-0.3, -0.25) is 4.79 Å². The van der Waals surface area contributed by atoms with Gasteiger partial charge in [0.2, 0.25) is 5.78 Å². The van der Waals surface area contributed by atoms with Gasteiger partial charge in [0, 0.05) is 0 Å². The van der Waals surface area contributed by atoms with E-state index < -0.39 is 17.2 Å². The molecule has 0 radical (unpaired) electrons. The Hall–Kier alpha value is -1.12. The summed E-state index contributed by atoms with van der Waals surface area (Å²) in [6.45, 7) is 6.47. The SMILES string of the molecule is CC(C)(C)C1CC2(C(=O)C(=O)O)C=CC1C2. The van der Waals surface area contributed by atoms with E-state index in [-0.39, 0.29) is 5.41 Å². The largest absolute Gasteiger partial charge is 0.475 e. The first-order valence-electron chi connectivity index (χ1n) is 5.73. The molecule has 0 aromatic heterocycles. The highest BCUT2D eigenvalue weighted by molar-refractivity contribution is 6.35. The van der Waals surface area contributed by atoms with E-state index in [1.54, 1.807) is 0 Å². The lowest BCUT2D eigenvalue weighted by Gasteiger charge is -2.33. The Bertz CT molecular complexity index is 375. The van der Waals surface area contributed by atoms with Gasteiger partial charge in [-0.25, -0.2) is 4.79 Å². The molecule has 0 aromatic rings. The van der Waals surface area contributed by atoms with Gasteiger partial charge in [0.15, 0.2) is 0 Å². The molecule has 16 heavy (non-hydrogen) atoms. The molecule has 3 unspecified atom stereocenters. The molecule has 0 aromatic carbocycles. The Morgan fingerprint density at radius 1 is 1.31 bits per heavy atom. The van der Waals surface area contributed by atoms with E-state index in [1.165, 1.54) is 0 Å². The molecule has 0 aliphatic heterocycles. The third kappa shape index (κ3) is 1.49. The molecule has 0 spiro atoms. The fraction of sp³-hybridized carbons (Fsp3) is 0.692. The smallest absolute Gasteiger partial charge is 0.373 e. The molecule has 88 valence electrons. The van der Waals surface area contributed by atoms with Crippen LogP contribution in [-0.2, 0) is 9.59 Å². The van der Waals surface area contributed by atoms with Gasteiger partial charge in [-0.15, -0.1) is 0 Å². The second-order valence-electron chi connectivity index (χ2n) is 6.19. The highest BCUT2D eigenvalue weighted by Crippen LogP contribution is 2.57. The maximum atomic E-state index is 11.7. The van der Waals surface area contributed by atoms with Crippen molar-refractivity contribution in [3.63, 3.8) is 0 Å². The van der Waals surface area contributed by atoms with Crippen LogP contribution in [0.15, 0.2) is 12.2 Å². The van der Waals surface area contributed by atoms with Crippen molar-refractivity contribution in [2.24, 2.45) is 22.7 Å². The molecule has 3 nitrogen and oxygen atoms in total. The Kier molecular flexibility index (Phi) is 2.26. The molecular weight excluding hydrogens is 204 g/mol. The summed E-state index contributed by atoms with van der Waals surface area (Å²) in [7, 11) is 0. The molecule has 2 rings (SSSR count). The minimum atomic E-state index is -1.29. The molecule has 1 saturated carbocycles. The molecule has 2 aliphatic carbocycles. The Morgan fingerprint density at radius 2 is 1.94 bits per heavy atom. The fourth-order valence-corrected chi connectivity index (χ4v) is 3.26. The second kappa shape index (κ2) is 3.19. The number of aliphatic carboxylic acids is 1. The maximum Gasteiger partial charge on any atom is 0.373 e. The monoisotopic (exact) mass is 222 g/mol. The number of carbonyl (C=O) groups excluding carboxylic acids is 1. The summed E-state index contributed by atoms with van der Waals surface area (Å²) in [6, 6.07) is 0. The number of Topliss-reactive ketones (excluding diaryl/α,β-unsaturated/α-hetero) is 1. The van der Waals surface area contributed by atoms with Crippen molar-refractivity contribution in [1.29, 1.82) is 0 Å². The van der Waals surface area contributed by atoms with Crippen molar-refractivity contribution in [3.05, 3.63) is 12.2 Å². The third-order valence-electron chi connectivity index (χ3n) is 4.12. The average molecular weight is 222 g/mol. The minimum Gasteiger partial charge on any atom is -0.475 e. The first-order valence-corrected chi connectivity index (χ1v) is 5.73. The Morgan fingerprint density at radius 3 is 2.38 bits per heavy atom. The van der Waals surface area contributed by atoms with Crippen molar-refractivity contribution < 1.29 is 14.7 Å². The molecule has 0 amide bonds. The van der Waals surface area contributed by atoms with E-state index in [0.29, 0.717) is 24.7 Å². The summed E-state index contributed by atoms with van der Waals surface area (Å²) in [6.07, 6.45) is 5.26. The van der Waals surface area contributed by atoms with Gasteiger partial charge in [0.25, 0.3) is 0 Å². The summed E-state index contributed by atoms with van der Waals surface area (Å²) in [4.78, 5) is 22.6. The summed E-state index contributed by atoms with van der Waals surface area (Å²) in [5.74, 6) is -1.12. The molecule has 0 saturated heterocycles. The topological polar surface area (TPSA) is 54.4 Å². The Labute approximate surface area is 95.5 Å². The maximum absolute atomic E-state index is 11.7. The third-order valence-corrected chi connectivity index (χ3v) is 4.12. The van der Waals surface area contributed by atoms with Gasteiger partial charge >= 0.3 is 5.97 Å². The summed E-state index contributed by atoms with van der Waals surface area (Å²) < 4.78 is 0. The lowest BCUT2D eigenvalue weighted by atomic mass is 9.71. The zero-order chi connectivity index (χ0) is 12.1. The second-order valence-corrected chi connectivity index (χ2v) is 6.19. The quantitative estimate of drug-likeness (QED) is 0.576. The zero-order valence-corrected chi connectivity index (χ0v) is 9.99. The van der Waals surface area contributed by atoms with Gasteiger partial charge in [0.1, 0.15) is 0 Å². The number of fused-ring (bicyclic) bond motifs is 2. The van der Waals surface area contributed by atoms with Crippen LogP contribution in [0.1, 0.15) is 33.6 Å². The van der Waals surface area contributed by atoms with Crippen molar-refractivity contribution >= 4 is 11.8 Å². The number of ketones is 1. The molecule has 3 heteroatoms. The van der Waals surface area contributed by atoms with Crippen LogP contribution in [0, 0.1) is 22.7 Å². The predicted octanol–water partition coefficient (Wildman–Crippen LogP) is 2.27. The number of carboxylic acids is 1. The molecule has 1 N–H and O–H groups in total. The molecular formula is C13H18O3. The van der Waals surface area contributed by atoms with E-state index >= 15 is 0 Å². The minimum absolute atomic E-state index is 0.135. The molecule has 2 aliphatic rings. The van der Waals surface area contributed by atoms with E-state index in [0.717, 1.165) is 0 Å². The van der Waals surface area contributed by atoms with Crippen LogP contribution in [0.2, 0.25) is 0 Å². The van der Waals surface area contributed by atoms with Crippen molar-refractivity contribution in [3.8, 4) is 0 Å². The van der Waals surface area contributed by atoms with Gasteiger partial charge in [-0.1, -0.05) is 32.9 Å². The van der Waals surface area contributed by atoms with Gasteiger partial charge in [-0.05, 0) is 30.1 Å². The fourth-order valence-electron chi connectivity index (χ4n) is 3.26. The van der Waals surface area contributed by atoms with Crippen molar-refractivity contribution in [2.75, 3.05) is 0 Å². The molecule has 1 fully saturated rings. The van der Waals surface area contributed by atoms with Crippen LogP contribution in [0.3, 0.4) is 0 Å². The number of carbonyl (C=O) groups is 2. The van der Waals surface area contributed by atoms with E-state index in [1.807, 2.05) is 12.2 Å². The average Bonchev–Trinajstić information content (AvgIpc) is 2.73. The first kappa shape index (κ1) is 11.4. The van der Waals surface area contributed by atoms with E-state index in [9.17, 15) is 9.59 Å². The predicted molar refractivity (Wildman–Crippen MR) is 59.9 cm³/mol. The highest BCUT2D eigenvalue weighted by Gasteiger charge is 2.55. The van der Waals surface area contributed by atoms with Crippen molar-refractivity contribution in [2.45, 2.75) is 33.6 Å².